The molecule has 3 heterocycles. The Bertz CT molecular complexity index is 633. The summed E-state index contributed by atoms with van der Waals surface area (Å²) in [7, 11) is 0. The lowest BCUT2D eigenvalue weighted by Gasteiger charge is -2.39. The van der Waals surface area contributed by atoms with Gasteiger partial charge in [0.1, 0.15) is 5.58 Å². The van der Waals surface area contributed by atoms with Crippen LogP contribution in [0.4, 0.5) is 0 Å². The first-order valence-corrected chi connectivity index (χ1v) is 8.86. The number of fused-ring (bicyclic) bond motifs is 1. The molecule has 21 heavy (non-hydrogen) atoms. The molecule has 4 heteroatoms. The highest BCUT2D eigenvalue weighted by Gasteiger charge is 2.42. The van der Waals surface area contributed by atoms with Crippen LogP contribution in [0.2, 0.25) is 0 Å². The first-order chi connectivity index (χ1) is 10.3. The van der Waals surface area contributed by atoms with E-state index < -0.39 is 0 Å². The molecular weight excluding hydrogens is 282 g/mol. The first kappa shape index (κ1) is 13.7. The predicted octanol–water partition coefficient (Wildman–Crippen LogP) is 3.73. The standard InChI is InChI=1S/C17H21NO2S/c18-16(14-10-19-15-4-2-1-3-13(14)15)12-5-7-20-17(9-12)6-8-21-11-17/h1-4,10,12,16H,5-9,11,18H2. The molecular formula is C17H21NO2S. The Morgan fingerprint density at radius 1 is 1.33 bits per heavy atom. The highest BCUT2D eigenvalue weighted by atomic mass is 32.2. The van der Waals surface area contributed by atoms with Crippen molar-refractivity contribution in [3.63, 3.8) is 0 Å². The van der Waals surface area contributed by atoms with Gasteiger partial charge in [-0.2, -0.15) is 11.8 Å². The zero-order valence-electron chi connectivity index (χ0n) is 12.1. The summed E-state index contributed by atoms with van der Waals surface area (Å²) in [6, 6.07) is 8.20. The van der Waals surface area contributed by atoms with Crippen LogP contribution < -0.4 is 5.73 Å². The van der Waals surface area contributed by atoms with Gasteiger partial charge in [0.2, 0.25) is 0 Å². The van der Waals surface area contributed by atoms with Gasteiger partial charge in [0.05, 0.1) is 11.9 Å². The van der Waals surface area contributed by atoms with E-state index in [2.05, 4.69) is 6.07 Å². The average molecular weight is 303 g/mol. The Morgan fingerprint density at radius 2 is 2.24 bits per heavy atom. The van der Waals surface area contributed by atoms with E-state index in [1.165, 1.54) is 12.2 Å². The molecule has 3 nitrogen and oxygen atoms in total. The summed E-state index contributed by atoms with van der Waals surface area (Å²) in [5.74, 6) is 2.83. The highest BCUT2D eigenvalue weighted by Crippen LogP contribution is 2.44. The molecule has 0 bridgehead atoms. The number of hydrogen-bond donors (Lipinski definition) is 1. The van der Waals surface area contributed by atoms with Gasteiger partial charge < -0.3 is 14.9 Å². The van der Waals surface area contributed by atoms with Crippen LogP contribution >= 0.6 is 11.8 Å². The Labute approximate surface area is 129 Å². The van der Waals surface area contributed by atoms with Crippen molar-refractivity contribution < 1.29 is 9.15 Å². The van der Waals surface area contributed by atoms with Crippen molar-refractivity contribution in [1.82, 2.24) is 0 Å². The Balaban J connectivity index is 1.60. The second-order valence-electron chi connectivity index (χ2n) is 6.30. The molecule has 1 spiro atoms. The summed E-state index contributed by atoms with van der Waals surface area (Å²) in [5, 5.41) is 1.16. The fourth-order valence-corrected chi connectivity index (χ4v) is 5.12. The van der Waals surface area contributed by atoms with Crippen LogP contribution in [0.25, 0.3) is 11.0 Å². The zero-order valence-corrected chi connectivity index (χ0v) is 12.9. The van der Waals surface area contributed by atoms with Crippen LogP contribution in [0.1, 0.15) is 30.9 Å². The second-order valence-corrected chi connectivity index (χ2v) is 7.41. The number of ether oxygens (including phenoxy) is 1. The van der Waals surface area contributed by atoms with Crippen molar-refractivity contribution >= 4 is 22.7 Å². The molecule has 2 aliphatic rings. The van der Waals surface area contributed by atoms with Crippen LogP contribution in [0, 0.1) is 5.92 Å². The summed E-state index contributed by atoms with van der Waals surface area (Å²) in [6.07, 6.45) is 5.15. The quantitative estimate of drug-likeness (QED) is 0.918. The van der Waals surface area contributed by atoms with Crippen molar-refractivity contribution in [2.75, 3.05) is 18.1 Å². The van der Waals surface area contributed by atoms with E-state index in [0.717, 1.165) is 41.7 Å². The van der Waals surface area contributed by atoms with Gasteiger partial charge in [-0.05, 0) is 37.0 Å². The second kappa shape index (κ2) is 5.34. The van der Waals surface area contributed by atoms with Gasteiger partial charge in [-0.1, -0.05) is 18.2 Å². The van der Waals surface area contributed by atoms with E-state index in [0.29, 0.717) is 5.92 Å². The Kier molecular flexibility index (Phi) is 3.48. The normalized spacial score (nSPS) is 31.0. The molecule has 3 atom stereocenters. The van der Waals surface area contributed by atoms with Crippen molar-refractivity contribution in [3.8, 4) is 0 Å². The van der Waals surface area contributed by atoms with E-state index >= 15 is 0 Å². The van der Waals surface area contributed by atoms with Gasteiger partial charge in [-0.3, -0.25) is 0 Å². The van der Waals surface area contributed by atoms with Crippen molar-refractivity contribution in [1.29, 1.82) is 0 Å². The maximum Gasteiger partial charge on any atom is 0.134 e. The van der Waals surface area contributed by atoms with Gasteiger partial charge in [-0.15, -0.1) is 0 Å². The largest absolute Gasteiger partial charge is 0.464 e. The minimum absolute atomic E-state index is 0.0417. The number of nitrogens with two attached hydrogens (primary N) is 1. The molecule has 2 aliphatic heterocycles. The number of furan rings is 1. The number of rotatable bonds is 2. The lowest BCUT2D eigenvalue weighted by Crippen LogP contribution is -2.42. The fourth-order valence-electron chi connectivity index (χ4n) is 3.75. The SMILES string of the molecule is NC(c1coc2ccccc12)C1CCOC2(CCSC2)C1. The molecule has 2 aromatic rings. The Morgan fingerprint density at radius 3 is 3.10 bits per heavy atom. The Hall–Kier alpha value is -0.970. The third kappa shape index (κ3) is 2.39. The summed E-state index contributed by atoms with van der Waals surface area (Å²) in [4.78, 5) is 0. The molecule has 2 fully saturated rings. The lowest BCUT2D eigenvalue weighted by atomic mass is 9.79. The summed E-state index contributed by atoms with van der Waals surface area (Å²) >= 11 is 2.01. The van der Waals surface area contributed by atoms with Crippen LogP contribution in [-0.2, 0) is 4.74 Å². The molecule has 0 radical (unpaired) electrons. The van der Waals surface area contributed by atoms with E-state index in [-0.39, 0.29) is 11.6 Å². The molecule has 1 aromatic carbocycles. The highest BCUT2D eigenvalue weighted by molar-refractivity contribution is 7.99. The molecule has 0 amide bonds. The number of hydrogen-bond acceptors (Lipinski definition) is 4. The molecule has 4 rings (SSSR count). The zero-order chi connectivity index (χ0) is 14.3. The third-order valence-corrected chi connectivity index (χ3v) is 6.20. The van der Waals surface area contributed by atoms with Crippen LogP contribution in [0.5, 0.6) is 0 Å². The van der Waals surface area contributed by atoms with Gasteiger partial charge in [-0.25, -0.2) is 0 Å². The smallest absolute Gasteiger partial charge is 0.134 e. The van der Waals surface area contributed by atoms with E-state index in [1.54, 1.807) is 0 Å². The lowest BCUT2D eigenvalue weighted by molar-refractivity contribution is -0.0834. The maximum atomic E-state index is 6.61. The van der Waals surface area contributed by atoms with Gasteiger partial charge in [0.25, 0.3) is 0 Å². The summed E-state index contributed by atoms with van der Waals surface area (Å²) < 4.78 is 11.8. The molecule has 0 saturated carbocycles. The summed E-state index contributed by atoms with van der Waals surface area (Å²) in [5.41, 5.74) is 8.78. The van der Waals surface area contributed by atoms with Gasteiger partial charge >= 0.3 is 0 Å². The van der Waals surface area contributed by atoms with Gasteiger partial charge in [0.15, 0.2) is 0 Å². The number of thioether (sulfide) groups is 1. The molecule has 112 valence electrons. The van der Waals surface area contributed by atoms with Crippen molar-refractivity contribution in [2.45, 2.75) is 30.9 Å². The first-order valence-electron chi connectivity index (χ1n) is 7.71. The van der Waals surface area contributed by atoms with Gasteiger partial charge in [0, 0.05) is 29.4 Å². The van der Waals surface area contributed by atoms with Crippen LogP contribution in [0.15, 0.2) is 34.9 Å². The van der Waals surface area contributed by atoms with Crippen molar-refractivity contribution in [2.24, 2.45) is 11.7 Å². The molecule has 3 unspecified atom stereocenters. The maximum absolute atomic E-state index is 6.61. The summed E-state index contributed by atoms with van der Waals surface area (Å²) in [6.45, 7) is 0.842. The van der Waals surface area contributed by atoms with E-state index in [1.807, 2.05) is 36.2 Å². The van der Waals surface area contributed by atoms with E-state index in [9.17, 15) is 0 Å². The third-order valence-electron chi connectivity index (χ3n) is 4.98. The van der Waals surface area contributed by atoms with Crippen LogP contribution in [-0.4, -0.2) is 23.7 Å². The fraction of sp³-hybridized carbons (Fsp3) is 0.529. The number of benzene rings is 1. The molecule has 2 N–H and O–H groups in total. The average Bonchev–Trinajstić information content (AvgIpc) is 3.14. The molecule has 1 aromatic heterocycles. The molecule has 2 saturated heterocycles. The molecule has 0 aliphatic carbocycles. The van der Waals surface area contributed by atoms with E-state index in [4.69, 9.17) is 14.9 Å². The topological polar surface area (TPSA) is 48.4 Å². The number of para-hydroxylation sites is 1. The minimum Gasteiger partial charge on any atom is -0.464 e. The predicted molar refractivity (Wildman–Crippen MR) is 86.5 cm³/mol. The monoisotopic (exact) mass is 303 g/mol. The van der Waals surface area contributed by atoms with Crippen LogP contribution in [0.3, 0.4) is 0 Å². The minimum atomic E-state index is 0.0417. The van der Waals surface area contributed by atoms with Crippen molar-refractivity contribution in [3.05, 3.63) is 36.1 Å².